The molecule has 4 amide bonds. The quantitative estimate of drug-likeness (QED) is 0.438. The monoisotopic (exact) mass is 479 g/mol. The van der Waals surface area contributed by atoms with Crippen molar-refractivity contribution in [3.63, 3.8) is 0 Å². The van der Waals surface area contributed by atoms with E-state index in [4.69, 9.17) is 18.6 Å². The Morgan fingerprint density at radius 2 is 1.71 bits per heavy atom. The van der Waals surface area contributed by atoms with Gasteiger partial charge in [0.05, 0.1) is 24.1 Å². The summed E-state index contributed by atoms with van der Waals surface area (Å²) in [6, 6.07) is 15.5. The van der Waals surface area contributed by atoms with Crippen LogP contribution in [0.1, 0.15) is 20.9 Å². The lowest BCUT2D eigenvalue weighted by Crippen LogP contribution is -2.46. The van der Waals surface area contributed by atoms with Gasteiger partial charge in [-0.05, 0) is 36.4 Å². The average Bonchev–Trinajstić information content (AvgIpc) is 3.42. The highest BCUT2D eigenvalue weighted by Crippen LogP contribution is 2.30. The number of urea groups is 1. The van der Waals surface area contributed by atoms with Crippen molar-refractivity contribution in [2.75, 3.05) is 25.1 Å². The largest absolute Gasteiger partial charge is 0.486 e. The van der Waals surface area contributed by atoms with Crippen molar-refractivity contribution in [1.29, 1.82) is 0 Å². The molecule has 0 saturated carbocycles. The highest BCUT2D eigenvalue weighted by Gasteiger charge is 2.22. The number of furan rings is 1. The van der Waals surface area contributed by atoms with Crippen molar-refractivity contribution in [2.24, 2.45) is 0 Å². The zero-order chi connectivity index (χ0) is 24.6. The van der Waals surface area contributed by atoms with Crippen LogP contribution in [-0.2, 0) is 9.53 Å². The first-order valence-electron chi connectivity index (χ1n) is 10.6. The number of para-hydroxylation sites is 3. The van der Waals surface area contributed by atoms with E-state index in [1.165, 1.54) is 24.5 Å². The van der Waals surface area contributed by atoms with Crippen molar-refractivity contribution >= 4 is 29.5 Å². The second kappa shape index (κ2) is 10.9. The third-order valence-electron chi connectivity index (χ3n) is 4.79. The Balaban J connectivity index is 1.22. The standard InChI is InChI=1S/C24H21N3O8/c28-21(27-24(31)25-12-15-13-33-18-8-3-4-9-19(18)35-15)14-34-23(30)16-6-1-2-7-17(16)26-22(29)20-10-5-11-32-20/h1-11,15H,12-14H2,(H,26,29)(H2,25,27,28,31). The Bertz CT molecular complexity index is 1230. The molecule has 1 aliphatic heterocycles. The molecule has 0 saturated heterocycles. The van der Waals surface area contributed by atoms with Gasteiger partial charge in [0.2, 0.25) is 0 Å². The van der Waals surface area contributed by atoms with E-state index >= 15 is 0 Å². The summed E-state index contributed by atoms with van der Waals surface area (Å²) < 4.78 is 21.3. The van der Waals surface area contributed by atoms with Gasteiger partial charge in [-0.3, -0.25) is 14.9 Å². The highest BCUT2D eigenvalue weighted by molar-refractivity contribution is 6.07. The molecular weight excluding hydrogens is 458 g/mol. The zero-order valence-corrected chi connectivity index (χ0v) is 18.3. The number of benzene rings is 2. The summed E-state index contributed by atoms with van der Waals surface area (Å²) in [4.78, 5) is 48.7. The van der Waals surface area contributed by atoms with Crippen molar-refractivity contribution in [3.05, 3.63) is 78.3 Å². The number of esters is 1. The van der Waals surface area contributed by atoms with E-state index in [2.05, 4.69) is 16.0 Å². The molecule has 35 heavy (non-hydrogen) atoms. The molecular formula is C24H21N3O8. The molecule has 11 heteroatoms. The number of rotatable bonds is 7. The molecule has 0 spiro atoms. The number of anilines is 1. The fourth-order valence-corrected chi connectivity index (χ4v) is 3.15. The molecule has 11 nitrogen and oxygen atoms in total. The molecule has 180 valence electrons. The van der Waals surface area contributed by atoms with Gasteiger partial charge in [0.15, 0.2) is 30.0 Å². The SMILES string of the molecule is O=C(COC(=O)c1ccccc1NC(=O)c1ccco1)NC(=O)NCC1COc2ccccc2O1. The number of nitrogens with one attached hydrogen (secondary N) is 3. The second-order valence-electron chi connectivity index (χ2n) is 7.31. The summed E-state index contributed by atoms with van der Waals surface area (Å²) in [5.74, 6) is -1.00. The van der Waals surface area contributed by atoms with Crippen LogP contribution in [0.15, 0.2) is 71.3 Å². The summed E-state index contributed by atoms with van der Waals surface area (Å²) in [5, 5.41) is 7.12. The minimum Gasteiger partial charge on any atom is -0.486 e. The van der Waals surface area contributed by atoms with E-state index in [1.54, 1.807) is 36.4 Å². The van der Waals surface area contributed by atoms with Gasteiger partial charge in [-0.15, -0.1) is 0 Å². The summed E-state index contributed by atoms with van der Waals surface area (Å²) in [6.45, 7) is -0.377. The lowest BCUT2D eigenvalue weighted by Gasteiger charge is -2.26. The van der Waals surface area contributed by atoms with Crippen LogP contribution in [0.5, 0.6) is 11.5 Å². The third kappa shape index (κ3) is 6.16. The van der Waals surface area contributed by atoms with E-state index in [0.29, 0.717) is 11.5 Å². The van der Waals surface area contributed by atoms with Crippen molar-refractivity contribution < 1.29 is 37.8 Å². The van der Waals surface area contributed by atoms with Crippen molar-refractivity contribution in [3.8, 4) is 11.5 Å². The number of carbonyl (C=O) groups excluding carboxylic acids is 4. The smallest absolute Gasteiger partial charge is 0.340 e. The van der Waals surface area contributed by atoms with E-state index in [1.807, 2.05) is 6.07 Å². The predicted octanol–water partition coefficient (Wildman–Crippen LogP) is 2.35. The molecule has 2 aromatic carbocycles. The Morgan fingerprint density at radius 3 is 2.51 bits per heavy atom. The average molecular weight is 479 g/mol. The highest BCUT2D eigenvalue weighted by atomic mass is 16.6. The Kier molecular flexibility index (Phi) is 7.26. The molecule has 1 unspecified atom stereocenters. The minimum absolute atomic E-state index is 0.0272. The van der Waals surface area contributed by atoms with Gasteiger partial charge in [-0.1, -0.05) is 24.3 Å². The van der Waals surface area contributed by atoms with Crippen LogP contribution in [0.3, 0.4) is 0 Å². The van der Waals surface area contributed by atoms with Gasteiger partial charge in [0.1, 0.15) is 6.61 Å². The number of hydrogen-bond donors (Lipinski definition) is 3. The Morgan fingerprint density at radius 1 is 0.943 bits per heavy atom. The van der Waals surface area contributed by atoms with Crippen LogP contribution in [0.2, 0.25) is 0 Å². The molecule has 2 heterocycles. The first kappa shape index (κ1) is 23.4. The Hall–Kier alpha value is -4.80. The molecule has 3 aromatic rings. The lowest BCUT2D eigenvalue weighted by atomic mass is 10.1. The first-order valence-corrected chi connectivity index (χ1v) is 10.6. The lowest BCUT2D eigenvalue weighted by molar-refractivity contribution is -0.123. The number of hydrogen-bond acceptors (Lipinski definition) is 8. The molecule has 0 fully saturated rings. The van der Waals surface area contributed by atoms with Crippen molar-refractivity contribution in [2.45, 2.75) is 6.10 Å². The van der Waals surface area contributed by atoms with E-state index in [0.717, 1.165) is 0 Å². The number of imide groups is 1. The van der Waals surface area contributed by atoms with Gasteiger partial charge in [0, 0.05) is 0 Å². The van der Waals surface area contributed by atoms with Crippen LogP contribution in [-0.4, -0.2) is 49.7 Å². The van der Waals surface area contributed by atoms with Gasteiger partial charge < -0.3 is 29.3 Å². The second-order valence-corrected chi connectivity index (χ2v) is 7.31. The fourth-order valence-electron chi connectivity index (χ4n) is 3.15. The van der Waals surface area contributed by atoms with Crippen molar-refractivity contribution in [1.82, 2.24) is 10.6 Å². The molecule has 0 bridgehead atoms. The molecule has 0 radical (unpaired) electrons. The Labute approximate surface area is 199 Å². The third-order valence-corrected chi connectivity index (χ3v) is 4.79. The zero-order valence-electron chi connectivity index (χ0n) is 18.3. The van der Waals surface area contributed by atoms with Crippen LogP contribution in [0.25, 0.3) is 0 Å². The molecule has 1 aromatic heterocycles. The molecule has 3 N–H and O–H groups in total. The predicted molar refractivity (Wildman–Crippen MR) is 121 cm³/mol. The number of carbonyl (C=O) groups is 4. The van der Waals surface area contributed by atoms with Crippen LogP contribution < -0.4 is 25.4 Å². The van der Waals surface area contributed by atoms with E-state index < -0.39 is 36.5 Å². The maximum atomic E-state index is 12.4. The number of fused-ring (bicyclic) bond motifs is 1. The topological polar surface area (TPSA) is 145 Å². The minimum atomic E-state index is -0.859. The van der Waals surface area contributed by atoms with Gasteiger partial charge in [-0.2, -0.15) is 0 Å². The van der Waals surface area contributed by atoms with Gasteiger partial charge in [-0.25, -0.2) is 9.59 Å². The van der Waals surface area contributed by atoms with Crippen LogP contribution in [0.4, 0.5) is 10.5 Å². The van der Waals surface area contributed by atoms with E-state index in [-0.39, 0.29) is 30.2 Å². The van der Waals surface area contributed by atoms with Gasteiger partial charge >= 0.3 is 12.0 Å². The number of ether oxygens (including phenoxy) is 3. The maximum absolute atomic E-state index is 12.4. The number of amides is 4. The summed E-state index contributed by atoms with van der Waals surface area (Å²) in [5.41, 5.74) is 0.202. The van der Waals surface area contributed by atoms with Crippen LogP contribution in [0, 0.1) is 0 Å². The van der Waals surface area contributed by atoms with E-state index in [9.17, 15) is 19.2 Å². The fraction of sp³-hybridized carbons (Fsp3) is 0.167. The molecule has 4 rings (SSSR count). The summed E-state index contributed by atoms with van der Waals surface area (Å²) in [7, 11) is 0. The van der Waals surface area contributed by atoms with Gasteiger partial charge in [0.25, 0.3) is 11.8 Å². The molecule has 1 aliphatic rings. The molecule has 0 aliphatic carbocycles. The summed E-state index contributed by atoms with van der Waals surface area (Å²) >= 11 is 0. The normalized spacial score (nSPS) is 13.9. The molecule has 1 atom stereocenters. The summed E-state index contributed by atoms with van der Waals surface area (Å²) in [6.07, 6.45) is 0.912. The van der Waals surface area contributed by atoms with Crippen LogP contribution >= 0.6 is 0 Å². The first-order chi connectivity index (χ1) is 17.0. The maximum Gasteiger partial charge on any atom is 0.340 e.